The molecule has 0 radical (unpaired) electrons. The molecule has 0 aliphatic carbocycles. The molecular formula is C10H12BrCl. The molecule has 0 N–H and O–H groups in total. The molecule has 0 fully saturated rings. The first-order chi connectivity index (χ1) is 5.72. The van der Waals surface area contributed by atoms with Gasteiger partial charge in [0.2, 0.25) is 0 Å². The SMILES string of the molecule is Cc1cc(Cl)cc(CCCBr)c1. The van der Waals surface area contributed by atoms with Crippen molar-refractivity contribution in [3.63, 3.8) is 0 Å². The van der Waals surface area contributed by atoms with Crippen molar-refractivity contribution in [1.29, 1.82) is 0 Å². The van der Waals surface area contributed by atoms with Crippen molar-refractivity contribution in [1.82, 2.24) is 0 Å². The van der Waals surface area contributed by atoms with Crippen molar-refractivity contribution in [2.45, 2.75) is 19.8 Å². The Bertz CT molecular complexity index is 238. The number of halogens is 2. The normalized spacial score (nSPS) is 10.2. The van der Waals surface area contributed by atoms with Gasteiger partial charge in [-0.15, -0.1) is 0 Å². The Labute approximate surface area is 87.1 Å². The highest BCUT2D eigenvalue weighted by molar-refractivity contribution is 9.09. The van der Waals surface area contributed by atoms with Gasteiger partial charge in [0.05, 0.1) is 0 Å². The average Bonchev–Trinajstić information content (AvgIpc) is 1.99. The molecule has 0 atom stereocenters. The minimum atomic E-state index is 0.847. The maximum Gasteiger partial charge on any atom is 0.0411 e. The summed E-state index contributed by atoms with van der Waals surface area (Å²) < 4.78 is 0. The highest BCUT2D eigenvalue weighted by Crippen LogP contribution is 2.15. The van der Waals surface area contributed by atoms with Crippen LogP contribution in [0.2, 0.25) is 5.02 Å². The zero-order valence-electron chi connectivity index (χ0n) is 7.11. The summed E-state index contributed by atoms with van der Waals surface area (Å²) in [5.41, 5.74) is 2.58. The van der Waals surface area contributed by atoms with Crippen LogP contribution >= 0.6 is 27.5 Å². The van der Waals surface area contributed by atoms with Crippen molar-refractivity contribution in [2.24, 2.45) is 0 Å². The zero-order valence-corrected chi connectivity index (χ0v) is 9.45. The molecule has 12 heavy (non-hydrogen) atoms. The summed E-state index contributed by atoms with van der Waals surface area (Å²) in [5, 5.41) is 1.90. The Hall–Kier alpha value is -0.0100. The molecule has 0 heterocycles. The second kappa shape index (κ2) is 4.88. The lowest BCUT2D eigenvalue weighted by atomic mass is 10.1. The minimum Gasteiger partial charge on any atom is -0.0928 e. The molecule has 0 bridgehead atoms. The average molecular weight is 248 g/mol. The van der Waals surface area contributed by atoms with Gasteiger partial charge in [-0.25, -0.2) is 0 Å². The third-order valence-electron chi connectivity index (χ3n) is 1.70. The van der Waals surface area contributed by atoms with Crippen LogP contribution in [0.15, 0.2) is 18.2 Å². The molecule has 0 aliphatic rings. The molecule has 1 aromatic carbocycles. The predicted molar refractivity (Wildman–Crippen MR) is 58.3 cm³/mol. The molecule has 0 unspecified atom stereocenters. The zero-order chi connectivity index (χ0) is 8.97. The molecule has 1 aromatic rings. The van der Waals surface area contributed by atoms with Gasteiger partial charge in [-0.05, 0) is 43.0 Å². The molecule has 1 rings (SSSR count). The maximum absolute atomic E-state index is 5.92. The fraction of sp³-hybridized carbons (Fsp3) is 0.400. The summed E-state index contributed by atoms with van der Waals surface area (Å²) in [6.45, 7) is 2.07. The van der Waals surface area contributed by atoms with Crippen LogP contribution in [0.4, 0.5) is 0 Å². The van der Waals surface area contributed by atoms with E-state index in [4.69, 9.17) is 11.6 Å². The first-order valence-electron chi connectivity index (χ1n) is 4.04. The van der Waals surface area contributed by atoms with Crippen LogP contribution in [0.1, 0.15) is 17.5 Å². The summed E-state index contributed by atoms with van der Waals surface area (Å²) in [5.74, 6) is 0. The third kappa shape index (κ3) is 3.16. The van der Waals surface area contributed by atoms with E-state index in [1.807, 2.05) is 12.1 Å². The topological polar surface area (TPSA) is 0 Å². The maximum atomic E-state index is 5.92. The molecule has 0 aromatic heterocycles. The smallest absolute Gasteiger partial charge is 0.0411 e. The van der Waals surface area contributed by atoms with Crippen LogP contribution in [-0.2, 0) is 6.42 Å². The van der Waals surface area contributed by atoms with E-state index in [-0.39, 0.29) is 0 Å². The van der Waals surface area contributed by atoms with Crippen molar-refractivity contribution in [3.8, 4) is 0 Å². The highest BCUT2D eigenvalue weighted by Gasteiger charge is 1.96. The van der Waals surface area contributed by atoms with E-state index in [1.165, 1.54) is 17.5 Å². The van der Waals surface area contributed by atoms with Crippen molar-refractivity contribution in [2.75, 3.05) is 5.33 Å². The first-order valence-corrected chi connectivity index (χ1v) is 5.54. The lowest BCUT2D eigenvalue weighted by molar-refractivity contribution is 0.938. The second-order valence-corrected chi connectivity index (χ2v) is 4.16. The highest BCUT2D eigenvalue weighted by atomic mass is 79.9. The number of hydrogen-bond donors (Lipinski definition) is 0. The minimum absolute atomic E-state index is 0.847. The third-order valence-corrected chi connectivity index (χ3v) is 2.48. The van der Waals surface area contributed by atoms with Crippen LogP contribution in [-0.4, -0.2) is 5.33 Å². The van der Waals surface area contributed by atoms with Crippen LogP contribution < -0.4 is 0 Å². The summed E-state index contributed by atoms with van der Waals surface area (Å²) in [7, 11) is 0. The molecule has 66 valence electrons. The summed E-state index contributed by atoms with van der Waals surface area (Å²) in [4.78, 5) is 0. The number of benzene rings is 1. The number of alkyl halides is 1. The van der Waals surface area contributed by atoms with Gasteiger partial charge in [0, 0.05) is 10.4 Å². The van der Waals surface area contributed by atoms with Gasteiger partial charge in [0.25, 0.3) is 0 Å². The van der Waals surface area contributed by atoms with Gasteiger partial charge < -0.3 is 0 Å². The lowest BCUT2D eigenvalue weighted by Gasteiger charge is -2.01. The van der Waals surface area contributed by atoms with Crippen LogP contribution in [0, 0.1) is 6.92 Å². The van der Waals surface area contributed by atoms with Gasteiger partial charge in [-0.3, -0.25) is 0 Å². The first kappa shape index (κ1) is 10.1. The van der Waals surface area contributed by atoms with E-state index in [9.17, 15) is 0 Å². The van der Waals surface area contributed by atoms with Gasteiger partial charge in [-0.1, -0.05) is 33.6 Å². The van der Waals surface area contributed by atoms with Crippen LogP contribution in [0.25, 0.3) is 0 Å². The van der Waals surface area contributed by atoms with E-state index in [0.29, 0.717) is 0 Å². The van der Waals surface area contributed by atoms with Gasteiger partial charge in [0.15, 0.2) is 0 Å². The van der Waals surface area contributed by atoms with Crippen molar-refractivity contribution >= 4 is 27.5 Å². The van der Waals surface area contributed by atoms with Crippen molar-refractivity contribution < 1.29 is 0 Å². The van der Waals surface area contributed by atoms with Gasteiger partial charge in [-0.2, -0.15) is 0 Å². The molecule has 2 heteroatoms. The predicted octanol–water partition coefficient (Wildman–Crippen LogP) is 3.98. The van der Waals surface area contributed by atoms with Crippen molar-refractivity contribution in [3.05, 3.63) is 34.3 Å². The largest absolute Gasteiger partial charge is 0.0928 e. The Morgan fingerprint density at radius 1 is 1.33 bits per heavy atom. The Kier molecular flexibility index (Phi) is 4.10. The molecule has 0 nitrogen and oxygen atoms in total. The molecule has 0 spiro atoms. The molecule has 0 saturated heterocycles. The van der Waals surface area contributed by atoms with E-state index >= 15 is 0 Å². The van der Waals surface area contributed by atoms with Crippen LogP contribution in [0.3, 0.4) is 0 Å². The fourth-order valence-electron chi connectivity index (χ4n) is 1.23. The van der Waals surface area contributed by atoms with E-state index < -0.39 is 0 Å². The number of rotatable bonds is 3. The molecule has 0 amide bonds. The Morgan fingerprint density at radius 3 is 2.67 bits per heavy atom. The van der Waals surface area contributed by atoms with E-state index in [2.05, 4.69) is 28.9 Å². The summed E-state index contributed by atoms with van der Waals surface area (Å²) in [6.07, 6.45) is 2.27. The molecular weight excluding hydrogens is 235 g/mol. The number of aryl methyl sites for hydroxylation is 2. The van der Waals surface area contributed by atoms with Gasteiger partial charge >= 0.3 is 0 Å². The quantitative estimate of drug-likeness (QED) is 0.709. The van der Waals surface area contributed by atoms with E-state index in [0.717, 1.165) is 16.8 Å². The lowest BCUT2D eigenvalue weighted by Crippen LogP contribution is -1.87. The monoisotopic (exact) mass is 246 g/mol. The Morgan fingerprint density at radius 2 is 2.08 bits per heavy atom. The van der Waals surface area contributed by atoms with Crippen LogP contribution in [0.5, 0.6) is 0 Å². The second-order valence-electron chi connectivity index (χ2n) is 2.93. The number of hydrogen-bond acceptors (Lipinski definition) is 0. The van der Waals surface area contributed by atoms with Gasteiger partial charge in [0.1, 0.15) is 0 Å². The Balaban J connectivity index is 2.72. The summed E-state index contributed by atoms with van der Waals surface area (Å²) >= 11 is 9.33. The van der Waals surface area contributed by atoms with E-state index in [1.54, 1.807) is 0 Å². The standard InChI is InChI=1S/C10H12BrCl/c1-8-5-9(3-2-4-11)7-10(12)6-8/h5-7H,2-4H2,1H3. The fourth-order valence-corrected chi connectivity index (χ4v) is 1.82. The molecule has 0 aliphatic heterocycles. The molecule has 0 saturated carbocycles. The summed E-state index contributed by atoms with van der Waals surface area (Å²) in [6, 6.07) is 6.21.